The summed E-state index contributed by atoms with van der Waals surface area (Å²) in [5.74, 6) is -0.295. The number of aryl methyl sites for hydroxylation is 1. The van der Waals surface area contributed by atoms with Gasteiger partial charge in [0.1, 0.15) is 9.77 Å². The topological polar surface area (TPSA) is 101 Å². The molecule has 1 aromatic rings. The number of hydrogen-bond donors (Lipinski definition) is 2. The van der Waals surface area contributed by atoms with Gasteiger partial charge in [0.2, 0.25) is 10.0 Å². The van der Waals surface area contributed by atoms with Gasteiger partial charge < -0.3 is 5.11 Å². The molecule has 1 saturated heterocycles. The lowest BCUT2D eigenvalue weighted by atomic mass is 10.2. The molecule has 0 spiro atoms. The molecule has 0 aliphatic carbocycles. The van der Waals surface area contributed by atoms with Gasteiger partial charge >= 0.3 is 5.97 Å². The number of nitrogens with one attached hydrogen (secondary N) is 1. The number of carboxylic acids is 1. The second kappa shape index (κ2) is 5.92. The van der Waals surface area contributed by atoms with Crippen LogP contribution in [0.25, 0.3) is 0 Å². The van der Waals surface area contributed by atoms with E-state index < -0.39 is 26.8 Å². The Hall–Kier alpha value is -0.770. The number of hydrogen-bond acceptors (Lipinski definition) is 5. The van der Waals surface area contributed by atoms with Crippen molar-refractivity contribution in [2.75, 3.05) is 11.5 Å². The van der Waals surface area contributed by atoms with Gasteiger partial charge in [-0.05, 0) is 30.7 Å². The zero-order valence-corrected chi connectivity index (χ0v) is 13.2. The SMILES string of the molecule is Cc1csc(C(=O)O)c1S(=O)(=O)NC1CCS(=O)CC1. The van der Waals surface area contributed by atoms with Crippen LogP contribution in [0.2, 0.25) is 0 Å². The smallest absolute Gasteiger partial charge is 0.347 e. The minimum Gasteiger partial charge on any atom is -0.477 e. The molecule has 0 aromatic carbocycles. The van der Waals surface area contributed by atoms with Crippen LogP contribution < -0.4 is 4.72 Å². The van der Waals surface area contributed by atoms with Gasteiger partial charge in [-0.2, -0.15) is 0 Å². The third kappa shape index (κ3) is 3.27. The minimum absolute atomic E-state index is 0.151. The Balaban J connectivity index is 2.25. The molecule has 0 atom stereocenters. The van der Waals surface area contributed by atoms with Gasteiger partial charge in [0, 0.05) is 28.3 Å². The van der Waals surface area contributed by atoms with Gasteiger partial charge in [-0.1, -0.05) is 0 Å². The Morgan fingerprint density at radius 2 is 2.05 bits per heavy atom. The summed E-state index contributed by atoms with van der Waals surface area (Å²) in [7, 11) is -4.73. The number of sulfonamides is 1. The van der Waals surface area contributed by atoms with Crippen molar-refractivity contribution >= 4 is 38.1 Å². The summed E-state index contributed by atoms with van der Waals surface area (Å²) < 4.78 is 38.5. The average Bonchev–Trinajstić information content (AvgIpc) is 2.75. The van der Waals surface area contributed by atoms with Gasteiger partial charge in [-0.3, -0.25) is 4.21 Å². The summed E-state index contributed by atoms with van der Waals surface area (Å²) in [4.78, 5) is 10.8. The van der Waals surface area contributed by atoms with Crippen LogP contribution in [-0.2, 0) is 20.8 Å². The van der Waals surface area contributed by atoms with Crippen molar-refractivity contribution in [3.63, 3.8) is 0 Å². The highest BCUT2D eigenvalue weighted by atomic mass is 32.2. The van der Waals surface area contributed by atoms with Gasteiger partial charge in [-0.25, -0.2) is 17.9 Å². The van der Waals surface area contributed by atoms with Crippen LogP contribution in [-0.4, -0.2) is 41.3 Å². The first kappa shape index (κ1) is 15.6. The first-order valence-electron chi connectivity index (χ1n) is 6.00. The Morgan fingerprint density at radius 1 is 1.45 bits per heavy atom. The average molecular weight is 337 g/mol. The van der Waals surface area contributed by atoms with Crippen LogP contribution in [0.1, 0.15) is 28.1 Å². The summed E-state index contributed by atoms with van der Waals surface area (Å²) in [6, 6.07) is -0.279. The lowest BCUT2D eigenvalue weighted by molar-refractivity contribution is 0.0698. The molecule has 9 heteroatoms. The second-order valence-electron chi connectivity index (χ2n) is 4.63. The largest absolute Gasteiger partial charge is 0.477 e. The summed E-state index contributed by atoms with van der Waals surface area (Å²) in [5.41, 5.74) is 0.430. The summed E-state index contributed by atoms with van der Waals surface area (Å²) in [5, 5.41) is 10.6. The van der Waals surface area contributed by atoms with E-state index in [4.69, 9.17) is 5.11 Å². The lowest BCUT2D eigenvalue weighted by Crippen LogP contribution is -2.40. The molecule has 0 bridgehead atoms. The molecule has 1 aliphatic rings. The van der Waals surface area contributed by atoms with E-state index in [0.717, 1.165) is 11.3 Å². The molecule has 0 saturated carbocycles. The Labute approximate surface area is 123 Å². The van der Waals surface area contributed by atoms with E-state index >= 15 is 0 Å². The normalized spacial score (nSPS) is 23.6. The third-order valence-electron chi connectivity index (χ3n) is 3.09. The standard InChI is InChI=1S/C11H15NO5S3/c1-7-6-18-9(11(13)14)10(7)20(16,17)12-8-2-4-19(15)5-3-8/h6,8,12H,2-5H2,1H3,(H,13,14). The molecule has 6 nitrogen and oxygen atoms in total. The maximum atomic E-state index is 12.3. The highest BCUT2D eigenvalue weighted by molar-refractivity contribution is 7.89. The molecule has 2 rings (SSSR count). The monoisotopic (exact) mass is 337 g/mol. The molecule has 1 aromatic heterocycles. The number of aromatic carboxylic acids is 1. The van der Waals surface area contributed by atoms with Crippen molar-refractivity contribution in [3.05, 3.63) is 15.8 Å². The molecule has 2 heterocycles. The predicted molar refractivity (Wildman–Crippen MR) is 77.2 cm³/mol. The van der Waals surface area contributed by atoms with Crippen LogP contribution in [0.5, 0.6) is 0 Å². The maximum Gasteiger partial charge on any atom is 0.347 e. The molecule has 0 amide bonds. The van der Waals surface area contributed by atoms with Crippen molar-refractivity contribution in [1.29, 1.82) is 0 Å². The zero-order chi connectivity index (χ0) is 14.9. The maximum absolute atomic E-state index is 12.3. The Morgan fingerprint density at radius 3 is 2.60 bits per heavy atom. The Kier molecular flexibility index (Phi) is 4.62. The molecule has 1 aliphatic heterocycles. The fourth-order valence-corrected chi connectivity index (χ4v) is 6.34. The van der Waals surface area contributed by atoms with E-state index in [2.05, 4.69) is 4.72 Å². The van der Waals surface area contributed by atoms with Crippen molar-refractivity contribution in [1.82, 2.24) is 4.72 Å². The second-order valence-corrected chi connectivity index (χ2v) is 8.85. The van der Waals surface area contributed by atoms with E-state index in [0.29, 0.717) is 29.9 Å². The van der Waals surface area contributed by atoms with Crippen LogP contribution in [0.3, 0.4) is 0 Å². The van der Waals surface area contributed by atoms with E-state index in [1.165, 1.54) is 5.38 Å². The number of thiophene rings is 1. The van der Waals surface area contributed by atoms with E-state index in [-0.39, 0.29) is 15.8 Å². The van der Waals surface area contributed by atoms with Crippen molar-refractivity contribution in [2.24, 2.45) is 0 Å². The number of rotatable bonds is 4. The van der Waals surface area contributed by atoms with Gasteiger partial charge in [0.05, 0.1) is 0 Å². The fraction of sp³-hybridized carbons (Fsp3) is 0.545. The van der Waals surface area contributed by atoms with E-state index in [1.54, 1.807) is 6.92 Å². The highest BCUT2D eigenvalue weighted by Gasteiger charge is 2.30. The highest BCUT2D eigenvalue weighted by Crippen LogP contribution is 2.27. The molecule has 0 unspecified atom stereocenters. The van der Waals surface area contributed by atoms with Crippen LogP contribution in [0, 0.1) is 6.92 Å². The first-order chi connectivity index (χ1) is 9.31. The van der Waals surface area contributed by atoms with Crippen LogP contribution in [0.4, 0.5) is 0 Å². The molecule has 112 valence electrons. The van der Waals surface area contributed by atoms with E-state index in [9.17, 15) is 17.4 Å². The molecule has 2 N–H and O–H groups in total. The zero-order valence-electron chi connectivity index (χ0n) is 10.8. The predicted octanol–water partition coefficient (Wildman–Crippen LogP) is 0.944. The summed E-state index contributed by atoms with van der Waals surface area (Å²) in [6.07, 6.45) is 1.02. The van der Waals surface area contributed by atoms with Gasteiger partial charge in [0.15, 0.2) is 0 Å². The first-order valence-corrected chi connectivity index (χ1v) is 9.85. The van der Waals surface area contributed by atoms with Crippen molar-refractivity contribution in [2.45, 2.75) is 30.7 Å². The third-order valence-corrected chi connectivity index (χ3v) is 7.40. The summed E-state index contributed by atoms with van der Waals surface area (Å²) in [6.45, 7) is 1.58. The number of carboxylic acid groups (broad SMARTS) is 1. The molecule has 1 fully saturated rings. The molecular formula is C11H15NO5S3. The Bertz CT molecular complexity index is 639. The van der Waals surface area contributed by atoms with Gasteiger partial charge in [-0.15, -0.1) is 11.3 Å². The van der Waals surface area contributed by atoms with Gasteiger partial charge in [0.25, 0.3) is 0 Å². The van der Waals surface area contributed by atoms with Crippen LogP contribution >= 0.6 is 11.3 Å². The van der Waals surface area contributed by atoms with Crippen LogP contribution in [0.15, 0.2) is 10.3 Å². The van der Waals surface area contributed by atoms with Crippen molar-refractivity contribution < 1.29 is 22.5 Å². The van der Waals surface area contributed by atoms with E-state index in [1.807, 2.05) is 0 Å². The fourth-order valence-electron chi connectivity index (χ4n) is 2.10. The molecular weight excluding hydrogens is 322 g/mol. The summed E-state index contributed by atoms with van der Waals surface area (Å²) >= 11 is 0.906. The quantitative estimate of drug-likeness (QED) is 0.852. The number of carbonyl (C=O) groups is 1. The molecule has 0 radical (unpaired) electrons. The van der Waals surface area contributed by atoms with Crippen molar-refractivity contribution in [3.8, 4) is 0 Å². The molecule has 20 heavy (non-hydrogen) atoms. The minimum atomic E-state index is -3.86. The lowest BCUT2D eigenvalue weighted by Gasteiger charge is -2.22.